The first-order valence-corrected chi connectivity index (χ1v) is 6.51. The van der Waals surface area contributed by atoms with Crippen LogP contribution in [-0.4, -0.2) is 23.2 Å². The number of benzene rings is 1. The van der Waals surface area contributed by atoms with E-state index < -0.39 is 5.54 Å². The van der Waals surface area contributed by atoms with E-state index in [0.29, 0.717) is 12.0 Å². The number of rotatable bonds is 4. The Morgan fingerprint density at radius 3 is 2.76 bits per heavy atom. The van der Waals surface area contributed by atoms with Gasteiger partial charge in [-0.1, -0.05) is 0 Å². The lowest BCUT2D eigenvalue weighted by molar-refractivity contribution is 0.0898. The highest BCUT2D eigenvalue weighted by Crippen LogP contribution is 2.21. The lowest BCUT2D eigenvalue weighted by Gasteiger charge is -2.25. The summed E-state index contributed by atoms with van der Waals surface area (Å²) in [6.45, 7) is 3.79. The van der Waals surface area contributed by atoms with Crippen LogP contribution >= 0.6 is 28.6 Å². The summed E-state index contributed by atoms with van der Waals surface area (Å²) in [6.07, 6.45) is 0.511. The van der Waals surface area contributed by atoms with E-state index in [1.165, 1.54) is 0 Å². The SMILES string of the molecule is CC(C)(CCO)NC(=O)c1cc(S)ccc1Br. The summed E-state index contributed by atoms with van der Waals surface area (Å²) in [5.74, 6) is -0.175. The Bertz CT molecular complexity index is 421. The maximum Gasteiger partial charge on any atom is 0.252 e. The van der Waals surface area contributed by atoms with E-state index in [1.54, 1.807) is 12.1 Å². The number of hydrogen-bond donors (Lipinski definition) is 3. The molecule has 0 radical (unpaired) electrons. The molecule has 3 nitrogen and oxygen atoms in total. The molecule has 1 rings (SSSR count). The minimum absolute atomic E-state index is 0.0427. The van der Waals surface area contributed by atoms with Crippen LogP contribution in [0, 0.1) is 0 Å². The zero-order valence-electron chi connectivity index (χ0n) is 9.83. The number of hydrogen-bond acceptors (Lipinski definition) is 3. The van der Waals surface area contributed by atoms with E-state index in [1.807, 2.05) is 19.9 Å². The fourth-order valence-corrected chi connectivity index (χ4v) is 2.03. The van der Waals surface area contributed by atoms with Crippen LogP contribution in [0.2, 0.25) is 0 Å². The first kappa shape index (κ1) is 14.5. The summed E-state index contributed by atoms with van der Waals surface area (Å²) < 4.78 is 0.729. The number of halogens is 1. The average Bonchev–Trinajstić information content (AvgIpc) is 2.20. The number of carbonyl (C=O) groups is 1. The van der Waals surface area contributed by atoms with Crippen molar-refractivity contribution in [1.29, 1.82) is 0 Å². The molecule has 0 heterocycles. The van der Waals surface area contributed by atoms with E-state index >= 15 is 0 Å². The van der Waals surface area contributed by atoms with Crippen LogP contribution in [0.25, 0.3) is 0 Å². The zero-order chi connectivity index (χ0) is 13.1. The van der Waals surface area contributed by atoms with Crippen LogP contribution in [0.1, 0.15) is 30.6 Å². The van der Waals surface area contributed by atoms with Gasteiger partial charge in [0.1, 0.15) is 0 Å². The van der Waals surface area contributed by atoms with Gasteiger partial charge in [-0.25, -0.2) is 0 Å². The van der Waals surface area contributed by atoms with E-state index in [4.69, 9.17) is 5.11 Å². The molecule has 0 fully saturated rings. The van der Waals surface area contributed by atoms with Crippen molar-refractivity contribution in [1.82, 2.24) is 5.32 Å². The molecule has 0 saturated carbocycles. The molecule has 17 heavy (non-hydrogen) atoms. The Kier molecular flexibility index (Phi) is 5.04. The molecular weight excluding hydrogens is 302 g/mol. The van der Waals surface area contributed by atoms with Crippen LogP contribution in [0.5, 0.6) is 0 Å². The molecule has 5 heteroatoms. The number of aliphatic hydroxyl groups is 1. The van der Waals surface area contributed by atoms with Gasteiger partial charge in [-0.15, -0.1) is 12.6 Å². The van der Waals surface area contributed by atoms with Gasteiger partial charge < -0.3 is 10.4 Å². The molecule has 0 aliphatic carbocycles. The highest BCUT2D eigenvalue weighted by Gasteiger charge is 2.21. The second-order valence-electron chi connectivity index (χ2n) is 4.48. The van der Waals surface area contributed by atoms with Crippen LogP contribution in [0.15, 0.2) is 27.6 Å². The summed E-state index contributed by atoms with van der Waals surface area (Å²) in [6, 6.07) is 5.30. The smallest absolute Gasteiger partial charge is 0.252 e. The fourth-order valence-electron chi connectivity index (χ4n) is 1.40. The first-order chi connectivity index (χ1) is 7.85. The number of aliphatic hydroxyl groups excluding tert-OH is 1. The number of carbonyl (C=O) groups excluding carboxylic acids is 1. The molecule has 1 aromatic carbocycles. The lowest BCUT2D eigenvalue weighted by Crippen LogP contribution is -2.44. The Labute approximate surface area is 115 Å². The van der Waals surface area contributed by atoms with Gasteiger partial charge in [0, 0.05) is 21.5 Å². The molecule has 94 valence electrons. The largest absolute Gasteiger partial charge is 0.396 e. The highest BCUT2D eigenvalue weighted by atomic mass is 79.9. The van der Waals surface area contributed by atoms with Crippen molar-refractivity contribution in [2.45, 2.75) is 30.7 Å². The molecular formula is C12H16BrNO2S. The van der Waals surface area contributed by atoms with Gasteiger partial charge >= 0.3 is 0 Å². The Hall–Kier alpha value is -0.520. The minimum atomic E-state index is -0.433. The van der Waals surface area contributed by atoms with Crippen molar-refractivity contribution in [3.8, 4) is 0 Å². The van der Waals surface area contributed by atoms with Gasteiger partial charge in [0.05, 0.1) is 5.56 Å². The third-order valence-electron chi connectivity index (χ3n) is 2.38. The second-order valence-corrected chi connectivity index (χ2v) is 5.85. The Balaban J connectivity index is 2.86. The number of amides is 1. The van der Waals surface area contributed by atoms with Crippen molar-refractivity contribution >= 4 is 34.5 Å². The highest BCUT2D eigenvalue weighted by molar-refractivity contribution is 9.10. The standard InChI is InChI=1S/C12H16BrNO2S/c1-12(2,5-6-15)14-11(16)9-7-8(17)3-4-10(9)13/h3-4,7,15,17H,5-6H2,1-2H3,(H,14,16). The average molecular weight is 318 g/mol. The molecule has 0 bridgehead atoms. The predicted molar refractivity (Wildman–Crippen MR) is 74.6 cm³/mol. The molecule has 1 aromatic rings. The van der Waals surface area contributed by atoms with Crippen molar-refractivity contribution in [3.63, 3.8) is 0 Å². The van der Waals surface area contributed by atoms with Crippen molar-refractivity contribution in [2.75, 3.05) is 6.61 Å². The number of thiol groups is 1. The normalized spacial score (nSPS) is 11.4. The van der Waals surface area contributed by atoms with E-state index in [9.17, 15) is 4.79 Å². The first-order valence-electron chi connectivity index (χ1n) is 5.27. The Morgan fingerprint density at radius 1 is 1.53 bits per heavy atom. The van der Waals surface area contributed by atoms with Crippen LogP contribution in [-0.2, 0) is 0 Å². The maximum absolute atomic E-state index is 12.1. The molecule has 0 unspecified atom stereocenters. The monoisotopic (exact) mass is 317 g/mol. The van der Waals surface area contributed by atoms with E-state index in [-0.39, 0.29) is 12.5 Å². The topological polar surface area (TPSA) is 49.3 Å². The van der Waals surface area contributed by atoms with Gasteiger partial charge in [-0.2, -0.15) is 0 Å². The molecule has 0 aliphatic heterocycles. The van der Waals surface area contributed by atoms with Crippen molar-refractivity contribution in [3.05, 3.63) is 28.2 Å². The summed E-state index contributed by atoms with van der Waals surface area (Å²) in [7, 11) is 0. The Morgan fingerprint density at radius 2 is 2.18 bits per heavy atom. The summed E-state index contributed by atoms with van der Waals surface area (Å²) in [4.78, 5) is 12.8. The molecule has 1 amide bonds. The zero-order valence-corrected chi connectivity index (χ0v) is 12.3. The molecule has 0 aromatic heterocycles. The third kappa shape index (κ3) is 4.33. The molecule has 0 aliphatic rings. The summed E-state index contributed by atoms with van der Waals surface area (Å²) in [5.41, 5.74) is 0.112. The van der Waals surface area contributed by atoms with Gasteiger partial charge in [0.15, 0.2) is 0 Å². The van der Waals surface area contributed by atoms with Crippen LogP contribution in [0.4, 0.5) is 0 Å². The third-order valence-corrected chi connectivity index (χ3v) is 3.35. The molecule has 0 saturated heterocycles. The molecule has 0 spiro atoms. The van der Waals surface area contributed by atoms with Crippen molar-refractivity contribution in [2.24, 2.45) is 0 Å². The lowest BCUT2D eigenvalue weighted by atomic mass is 10.0. The summed E-state index contributed by atoms with van der Waals surface area (Å²) in [5, 5.41) is 11.8. The fraction of sp³-hybridized carbons (Fsp3) is 0.417. The number of nitrogens with one attached hydrogen (secondary N) is 1. The van der Waals surface area contributed by atoms with Gasteiger partial charge in [-0.05, 0) is 54.4 Å². The summed E-state index contributed by atoms with van der Waals surface area (Å²) >= 11 is 7.54. The van der Waals surface area contributed by atoms with Gasteiger partial charge in [-0.3, -0.25) is 4.79 Å². The van der Waals surface area contributed by atoms with E-state index in [2.05, 4.69) is 33.9 Å². The van der Waals surface area contributed by atoms with Gasteiger partial charge in [0.2, 0.25) is 0 Å². The van der Waals surface area contributed by atoms with Crippen LogP contribution in [0.3, 0.4) is 0 Å². The molecule has 2 N–H and O–H groups in total. The van der Waals surface area contributed by atoms with E-state index in [0.717, 1.165) is 9.37 Å². The minimum Gasteiger partial charge on any atom is -0.396 e. The van der Waals surface area contributed by atoms with Crippen LogP contribution < -0.4 is 5.32 Å². The quantitative estimate of drug-likeness (QED) is 0.748. The second kappa shape index (κ2) is 5.89. The van der Waals surface area contributed by atoms with Gasteiger partial charge in [0.25, 0.3) is 5.91 Å². The maximum atomic E-state index is 12.1. The molecule has 0 atom stereocenters. The predicted octanol–water partition coefficient (Wildman–Crippen LogP) is 2.63. The van der Waals surface area contributed by atoms with Crippen molar-refractivity contribution < 1.29 is 9.90 Å².